The SMILES string of the molecule is Cc1c(-c2cc(Cl)ccc2F)nn(-c2ccccc2)c1N. The van der Waals surface area contributed by atoms with E-state index >= 15 is 0 Å². The van der Waals surface area contributed by atoms with Crippen molar-refractivity contribution < 1.29 is 4.39 Å². The van der Waals surface area contributed by atoms with Gasteiger partial charge in [-0.05, 0) is 37.3 Å². The van der Waals surface area contributed by atoms with Crippen molar-refractivity contribution in [2.45, 2.75) is 6.92 Å². The second kappa shape index (κ2) is 5.22. The molecule has 1 heterocycles. The van der Waals surface area contributed by atoms with Crippen LogP contribution >= 0.6 is 11.6 Å². The lowest BCUT2D eigenvalue weighted by molar-refractivity contribution is 0.630. The van der Waals surface area contributed by atoms with E-state index in [-0.39, 0.29) is 5.82 Å². The molecule has 0 saturated carbocycles. The molecule has 0 aliphatic rings. The van der Waals surface area contributed by atoms with Gasteiger partial charge in [-0.3, -0.25) is 0 Å². The van der Waals surface area contributed by atoms with Gasteiger partial charge in [0, 0.05) is 16.1 Å². The van der Waals surface area contributed by atoms with Crippen LogP contribution in [0.15, 0.2) is 48.5 Å². The first-order chi connectivity index (χ1) is 10.1. The van der Waals surface area contributed by atoms with Gasteiger partial charge in [-0.2, -0.15) is 5.10 Å². The molecule has 0 bridgehead atoms. The summed E-state index contributed by atoms with van der Waals surface area (Å²) in [6.07, 6.45) is 0. The fraction of sp³-hybridized carbons (Fsp3) is 0.0625. The molecule has 106 valence electrons. The van der Waals surface area contributed by atoms with Gasteiger partial charge < -0.3 is 5.73 Å². The Morgan fingerprint density at radius 3 is 2.57 bits per heavy atom. The lowest BCUT2D eigenvalue weighted by Crippen LogP contribution is -2.01. The molecule has 0 saturated heterocycles. The van der Waals surface area contributed by atoms with E-state index in [4.69, 9.17) is 17.3 Å². The summed E-state index contributed by atoms with van der Waals surface area (Å²) in [5.41, 5.74) is 8.50. The van der Waals surface area contributed by atoms with Gasteiger partial charge in [0.15, 0.2) is 0 Å². The van der Waals surface area contributed by atoms with Crippen molar-refractivity contribution in [2.75, 3.05) is 5.73 Å². The summed E-state index contributed by atoms with van der Waals surface area (Å²) in [7, 11) is 0. The normalized spacial score (nSPS) is 10.8. The molecule has 0 aliphatic carbocycles. The second-order valence-corrected chi connectivity index (χ2v) is 5.17. The third-order valence-electron chi connectivity index (χ3n) is 3.35. The van der Waals surface area contributed by atoms with Crippen molar-refractivity contribution in [1.82, 2.24) is 9.78 Å². The Kier molecular flexibility index (Phi) is 3.39. The predicted octanol–water partition coefficient (Wildman–Crippen LogP) is 4.22. The van der Waals surface area contributed by atoms with Crippen LogP contribution in [-0.2, 0) is 0 Å². The third kappa shape index (κ3) is 2.38. The molecule has 0 radical (unpaired) electrons. The van der Waals surface area contributed by atoms with E-state index in [0.29, 0.717) is 22.1 Å². The molecular weight excluding hydrogens is 289 g/mol. The number of aromatic nitrogens is 2. The first kappa shape index (κ1) is 13.6. The molecule has 0 aliphatic heterocycles. The number of para-hydroxylation sites is 1. The largest absolute Gasteiger partial charge is 0.383 e. The zero-order valence-corrected chi connectivity index (χ0v) is 12.1. The Labute approximate surface area is 126 Å². The zero-order valence-electron chi connectivity index (χ0n) is 11.3. The first-order valence-corrected chi connectivity index (χ1v) is 6.81. The average molecular weight is 302 g/mol. The lowest BCUT2D eigenvalue weighted by Gasteiger charge is -2.03. The van der Waals surface area contributed by atoms with Gasteiger partial charge >= 0.3 is 0 Å². The van der Waals surface area contributed by atoms with Crippen LogP contribution < -0.4 is 5.73 Å². The monoisotopic (exact) mass is 301 g/mol. The molecule has 3 rings (SSSR count). The Balaban J connectivity index is 2.20. The Morgan fingerprint density at radius 2 is 1.86 bits per heavy atom. The number of nitrogens with two attached hydrogens (primary N) is 1. The highest BCUT2D eigenvalue weighted by molar-refractivity contribution is 6.30. The fourth-order valence-electron chi connectivity index (χ4n) is 2.21. The highest BCUT2D eigenvalue weighted by Gasteiger charge is 2.17. The maximum absolute atomic E-state index is 14.0. The Hall–Kier alpha value is -2.33. The highest BCUT2D eigenvalue weighted by Crippen LogP contribution is 2.31. The third-order valence-corrected chi connectivity index (χ3v) is 3.59. The Bertz CT molecular complexity index is 797. The van der Waals surface area contributed by atoms with Crippen molar-refractivity contribution in [1.29, 1.82) is 0 Å². The van der Waals surface area contributed by atoms with Crippen LogP contribution in [0, 0.1) is 12.7 Å². The molecule has 0 amide bonds. The van der Waals surface area contributed by atoms with Gasteiger partial charge in [-0.15, -0.1) is 0 Å². The molecule has 0 atom stereocenters. The quantitative estimate of drug-likeness (QED) is 0.770. The number of hydrogen-bond acceptors (Lipinski definition) is 2. The van der Waals surface area contributed by atoms with Crippen LogP contribution in [0.4, 0.5) is 10.2 Å². The summed E-state index contributed by atoms with van der Waals surface area (Å²) in [6.45, 7) is 1.82. The van der Waals surface area contributed by atoms with E-state index in [1.54, 1.807) is 10.7 Å². The van der Waals surface area contributed by atoms with Gasteiger partial charge in [-0.1, -0.05) is 29.8 Å². The predicted molar refractivity (Wildman–Crippen MR) is 83.1 cm³/mol. The fourth-order valence-corrected chi connectivity index (χ4v) is 2.38. The minimum Gasteiger partial charge on any atom is -0.383 e. The molecule has 21 heavy (non-hydrogen) atoms. The van der Waals surface area contributed by atoms with E-state index in [2.05, 4.69) is 5.10 Å². The number of anilines is 1. The van der Waals surface area contributed by atoms with E-state index in [1.165, 1.54) is 12.1 Å². The molecular formula is C16H13ClFN3. The molecule has 5 heteroatoms. The molecule has 0 unspecified atom stereocenters. The topological polar surface area (TPSA) is 43.8 Å². The van der Waals surface area contributed by atoms with E-state index in [1.807, 2.05) is 37.3 Å². The molecule has 0 fully saturated rings. The van der Waals surface area contributed by atoms with Gasteiger partial charge in [0.05, 0.1) is 5.69 Å². The van der Waals surface area contributed by atoms with Gasteiger partial charge in [-0.25, -0.2) is 9.07 Å². The number of nitrogen functional groups attached to an aromatic ring is 1. The molecule has 3 aromatic rings. The van der Waals surface area contributed by atoms with Crippen LogP contribution in [0.25, 0.3) is 16.9 Å². The van der Waals surface area contributed by atoms with Crippen LogP contribution in [0.3, 0.4) is 0 Å². The van der Waals surface area contributed by atoms with Gasteiger partial charge in [0.1, 0.15) is 17.3 Å². The average Bonchev–Trinajstić information content (AvgIpc) is 2.79. The number of nitrogens with zero attached hydrogens (tertiary/aromatic N) is 2. The smallest absolute Gasteiger partial charge is 0.132 e. The minimum absolute atomic E-state index is 0.349. The Morgan fingerprint density at radius 1 is 1.14 bits per heavy atom. The van der Waals surface area contributed by atoms with Crippen LogP contribution in [0.5, 0.6) is 0 Å². The summed E-state index contributed by atoms with van der Waals surface area (Å²) < 4.78 is 15.6. The first-order valence-electron chi connectivity index (χ1n) is 6.44. The molecule has 1 aromatic heterocycles. The van der Waals surface area contributed by atoms with Crippen LogP contribution in [-0.4, -0.2) is 9.78 Å². The summed E-state index contributed by atoms with van der Waals surface area (Å²) in [4.78, 5) is 0. The van der Waals surface area contributed by atoms with Gasteiger partial charge in [0.25, 0.3) is 0 Å². The highest BCUT2D eigenvalue weighted by atomic mass is 35.5. The van der Waals surface area contributed by atoms with Crippen molar-refractivity contribution in [3.63, 3.8) is 0 Å². The number of rotatable bonds is 2. The van der Waals surface area contributed by atoms with E-state index < -0.39 is 0 Å². The lowest BCUT2D eigenvalue weighted by atomic mass is 10.1. The van der Waals surface area contributed by atoms with E-state index in [0.717, 1.165) is 11.3 Å². The molecule has 2 aromatic carbocycles. The van der Waals surface area contributed by atoms with Gasteiger partial charge in [0.2, 0.25) is 0 Å². The maximum Gasteiger partial charge on any atom is 0.132 e. The van der Waals surface area contributed by atoms with Crippen molar-refractivity contribution in [3.8, 4) is 16.9 Å². The van der Waals surface area contributed by atoms with Crippen molar-refractivity contribution >= 4 is 17.4 Å². The van der Waals surface area contributed by atoms with Crippen molar-refractivity contribution in [3.05, 3.63) is 64.9 Å². The summed E-state index contributed by atoms with van der Waals surface area (Å²) in [5.74, 6) is 0.107. The summed E-state index contributed by atoms with van der Waals surface area (Å²) >= 11 is 5.95. The molecule has 0 spiro atoms. The molecule has 2 N–H and O–H groups in total. The summed E-state index contributed by atoms with van der Waals surface area (Å²) in [5, 5.41) is 4.90. The van der Waals surface area contributed by atoms with E-state index in [9.17, 15) is 4.39 Å². The number of halogens is 2. The standard InChI is InChI=1S/C16H13ClFN3/c1-10-15(13-9-11(17)7-8-14(13)18)20-21(16(10)19)12-5-3-2-4-6-12/h2-9H,19H2,1H3. The molecule has 3 nitrogen and oxygen atoms in total. The zero-order chi connectivity index (χ0) is 15.0. The second-order valence-electron chi connectivity index (χ2n) is 4.73. The van der Waals surface area contributed by atoms with Crippen LogP contribution in [0.1, 0.15) is 5.56 Å². The minimum atomic E-state index is -0.375. The number of benzene rings is 2. The maximum atomic E-state index is 14.0. The summed E-state index contributed by atoms with van der Waals surface area (Å²) in [6, 6.07) is 13.9. The number of hydrogen-bond donors (Lipinski definition) is 1. The van der Waals surface area contributed by atoms with Crippen LogP contribution in [0.2, 0.25) is 5.02 Å². The van der Waals surface area contributed by atoms with Crippen molar-refractivity contribution in [2.24, 2.45) is 0 Å².